The molecule has 0 bridgehead atoms. The third-order valence-electron chi connectivity index (χ3n) is 2.80. The van der Waals surface area contributed by atoms with Gasteiger partial charge in [-0.15, -0.1) is 0 Å². The predicted octanol–water partition coefficient (Wildman–Crippen LogP) is 3.86. The summed E-state index contributed by atoms with van der Waals surface area (Å²) in [6, 6.07) is 12.2. The molecule has 2 aromatic carbocycles. The summed E-state index contributed by atoms with van der Waals surface area (Å²) in [5.41, 5.74) is 8.26. The van der Waals surface area contributed by atoms with E-state index >= 15 is 0 Å². The second-order valence-electron chi connectivity index (χ2n) is 4.36. The van der Waals surface area contributed by atoms with E-state index in [9.17, 15) is 4.39 Å². The Labute approximate surface area is 106 Å². The summed E-state index contributed by atoms with van der Waals surface area (Å²) in [6.07, 6.45) is -0.220. The molecule has 0 aromatic heterocycles. The number of halogens is 1. The molecule has 0 aliphatic heterocycles. The minimum Gasteiger partial charge on any atom is -0.483 e. The van der Waals surface area contributed by atoms with Gasteiger partial charge in [-0.1, -0.05) is 18.2 Å². The number of nitrogens with two attached hydrogens (primary N) is 1. The highest BCUT2D eigenvalue weighted by molar-refractivity contribution is 5.40. The summed E-state index contributed by atoms with van der Waals surface area (Å²) in [5, 5.41) is 0. The molecule has 2 aromatic rings. The van der Waals surface area contributed by atoms with Crippen LogP contribution in [0.2, 0.25) is 0 Å². The third-order valence-corrected chi connectivity index (χ3v) is 2.80. The van der Waals surface area contributed by atoms with Gasteiger partial charge in [0.1, 0.15) is 6.10 Å². The van der Waals surface area contributed by atoms with Crippen LogP contribution in [0.5, 0.6) is 5.75 Å². The molecule has 0 aliphatic carbocycles. The van der Waals surface area contributed by atoms with Gasteiger partial charge in [-0.2, -0.15) is 0 Å². The maximum atomic E-state index is 13.6. The van der Waals surface area contributed by atoms with Crippen molar-refractivity contribution in [2.75, 3.05) is 5.73 Å². The van der Waals surface area contributed by atoms with E-state index < -0.39 is 0 Å². The monoisotopic (exact) mass is 245 g/mol. The second kappa shape index (κ2) is 5.08. The topological polar surface area (TPSA) is 35.2 Å². The fourth-order valence-corrected chi connectivity index (χ4v) is 1.73. The van der Waals surface area contributed by atoms with Gasteiger partial charge in [-0.05, 0) is 49.2 Å². The van der Waals surface area contributed by atoms with Crippen LogP contribution in [0.4, 0.5) is 10.1 Å². The lowest BCUT2D eigenvalue weighted by atomic mass is 10.1. The molecule has 0 saturated carbocycles. The SMILES string of the molecule is Cc1ccc(F)c(OC(C)c2ccc(N)cc2)c1. The van der Waals surface area contributed by atoms with Crippen molar-refractivity contribution >= 4 is 5.69 Å². The van der Waals surface area contributed by atoms with Crippen LogP contribution < -0.4 is 10.5 Å². The van der Waals surface area contributed by atoms with Crippen molar-refractivity contribution in [3.8, 4) is 5.75 Å². The summed E-state index contributed by atoms with van der Waals surface area (Å²) in [5.74, 6) is -0.0674. The molecule has 0 amide bonds. The molecule has 3 heteroatoms. The Bertz CT molecular complexity index is 537. The highest BCUT2D eigenvalue weighted by Gasteiger charge is 2.10. The summed E-state index contributed by atoms with van der Waals surface area (Å²) >= 11 is 0. The Balaban J connectivity index is 2.18. The van der Waals surface area contributed by atoms with E-state index in [0.29, 0.717) is 5.69 Å². The van der Waals surface area contributed by atoms with Gasteiger partial charge < -0.3 is 10.5 Å². The van der Waals surface area contributed by atoms with Crippen LogP contribution in [0, 0.1) is 12.7 Å². The van der Waals surface area contributed by atoms with Crippen molar-refractivity contribution in [3.63, 3.8) is 0 Å². The van der Waals surface area contributed by atoms with Crippen molar-refractivity contribution in [3.05, 3.63) is 59.4 Å². The molecule has 0 spiro atoms. The molecule has 0 saturated heterocycles. The van der Waals surface area contributed by atoms with Gasteiger partial charge in [-0.3, -0.25) is 0 Å². The number of rotatable bonds is 3. The third kappa shape index (κ3) is 2.80. The van der Waals surface area contributed by atoms with Crippen LogP contribution in [-0.2, 0) is 0 Å². The van der Waals surface area contributed by atoms with Crippen molar-refractivity contribution in [1.29, 1.82) is 0 Å². The van der Waals surface area contributed by atoms with Gasteiger partial charge in [0.15, 0.2) is 11.6 Å². The molecule has 2 rings (SSSR count). The van der Waals surface area contributed by atoms with Crippen molar-refractivity contribution in [1.82, 2.24) is 0 Å². The highest BCUT2D eigenvalue weighted by atomic mass is 19.1. The number of anilines is 1. The zero-order chi connectivity index (χ0) is 13.1. The maximum absolute atomic E-state index is 13.6. The van der Waals surface area contributed by atoms with Crippen molar-refractivity contribution in [2.45, 2.75) is 20.0 Å². The molecule has 2 N–H and O–H groups in total. The van der Waals surface area contributed by atoms with E-state index in [1.54, 1.807) is 12.1 Å². The normalized spacial score (nSPS) is 12.2. The first-order chi connectivity index (χ1) is 8.56. The zero-order valence-electron chi connectivity index (χ0n) is 10.5. The lowest BCUT2D eigenvalue weighted by Crippen LogP contribution is -2.04. The number of hydrogen-bond donors (Lipinski definition) is 1. The first-order valence-electron chi connectivity index (χ1n) is 5.84. The number of hydrogen-bond acceptors (Lipinski definition) is 2. The molecule has 0 aliphatic rings. The smallest absolute Gasteiger partial charge is 0.165 e. The lowest BCUT2D eigenvalue weighted by molar-refractivity contribution is 0.216. The molecular formula is C15H16FNO. The predicted molar refractivity (Wildman–Crippen MR) is 71.0 cm³/mol. The Hall–Kier alpha value is -2.03. The fraction of sp³-hybridized carbons (Fsp3) is 0.200. The van der Waals surface area contributed by atoms with Crippen LogP contribution in [-0.4, -0.2) is 0 Å². The molecule has 0 fully saturated rings. The van der Waals surface area contributed by atoms with Crippen LogP contribution in [0.15, 0.2) is 42.5 Å². The first-order valence-corrected chi connectivity index (χ1v) is 5.84. The second-order valence-corrected chi connectivity index (χ2v) is 4.36. The highest BCUT2D eigenvalue weighted by Crippen LogP contribution is 2.25. The first kappa shape index (κ1) is 12.4. The van der Waals surface area contributed by atoms with Crippen LogP contribution >= 0.6 is 0 Å². The van der Waals surface area contributed by atoms with Gasteiger partial charge in [0.05, 0.1) is 0 Å². The van der Waals surface area contributed by atoms with Gasteiger partial charge >= 0.3 is 0 Å². The quantitative estimate of drug-likeness (QED) is 0.833. The van der Waals surface area contributed by atoms with Crippen molar-refractivity contribution in [2.24, 2.45) is 0 Å². The minimum atomic E-state index is -0.345. The van der Waals surface area contributed by atoms with E-state index in [4.69, 9.17) is 10.5 Å². The molecule has 18 heavy (non-hydrogen) atoms. The fourth-order valence-electron chi connectivity index (χ4n) is 1.73. The van der Waals surface area contributed by atoms with Crippen molar-refractivity contribution < 1.29 is 9.13 Å². The molecular weight excluding hydrogens is 229 g/mol. The van der Waals surface area contributed by atoms with Gasteiger partial charge in [0, 0.05) is 5.69 Å². The Morgan fingerprint density at radius 1 is 1.11 bits per heavy atom. The summed E-state index contributed by atoms with van der Waals surface area (Å²) in [6.45, 7) is 3.79. The Morgan fingerprint density at radius 3 is 2.44 bits per heavy atom. The average Bonchev–Trinajstić information content (AvgIpc) is 2.34. The van der Waals surface area contributed by atoms with E-state index in [0.717, 1.165) is 11.1 Å². The molecule has 0 heterocycles. The number of aryl methyl sites for hydroxylation is 1. The van der Waals surface area contributed by atoms with E-state index in [2.05, 4.69) is 0 Å². The maximum Gasteiger partial charge on any atom is 0.165 e. The van der Waals surface area contributed by atoms with Gasteiger partial charge in [0.2, 0.25) is 0 Å². The molecule has 1 atom stereocenters. The summed E-state index contributed by atoms with van der Waals surface area (Å²) in [7, 11) is 0. The number of benzene rings is 2. The number of ether oxygens (including phenoxy) is 1. The van der Waals surface area contributed by atoms with E-state index in [1.165, 1.54) is 6.07 Å². The zero-order valence-corrected chi connectivity index (χ0v) is 10.5. The molecule has 94 valence electrons. The molecule has 1 unspecified atom stereocenters. The largest absolute Gasteiger partial charge is 0.483 e. The molecule has 0 radical (unpaired) electrons. The average molecular weight is 245 g/mol. The molecule has 2 nitrogen and oxygen atoms in total. The minimum absolute atomic E-state index is 0.220. The van der Waals surface area contributed by atoms with E-state index in [-0.39, 0.29) is 17.7 Å². The Morgan fingerprint density at radius 2 is 1.78 bits per heavy atom. The van der Waals surface area contributed by atoms with Gasteiger partial charge in [0.25, 0.3) is 0 Å². The lowest BCUT2D eigenvalue weighted by Gasteiger charge is -2.16. The van der Waals surface area contributed by atoms with E-state index in [1.807, 2.05) is 38.1 Å². The van der Waals surface area contributed by atoms with Gasteiger partial charge in [-0.25, -0.2) is 4.39 Å². The summed E-state index contributed by atoms with van der Waals surface area (Å²) < 4.78 is 19.2. The van der Waals surface area contributed by atoms with Crippen LogP contribution in [0.25, 0.3) is 0 Å². The Kier molecular flexibility index (Phi) is 3.51. The van der Waals surface area contributed by atoms with Crippen LogP contribution in [0.3, 0.4) is 0 Å². The number of nitrogen functional groups attached to an aromatic ring is 1. The standard InChI is InChI=1S/C15H16FNO/c1-10-3-8-14(16)15(9-10)18-11(2)12-4-6-13(17)7-5-12/h3-9,11H,17H2,1-2H3. The van der Waals surface area contributed by atoms with Crippen LogP contribution in [0.1, 0.15) is 24.2 Å². The summed E-state index contributed by atoms with van der Waals surface area (Å²) in [4.78, 5) is 0.